The second-order valence-electron chi connectivity index (χ2n) is 5.91. The van der Waals surface area contributed by atoms with E-state index in [-0.39, 0.29) is 15.2 Å². The van der Waals surface area contributed by atoms with Crippen molar-refractivity contribution in [3.63, 3.8) is 0 Å². The molecule has 2 rings (SSSR count). The standard InChI is InChI=1S/C14H21NO4S2/c1-9(2)14(5-6-14)8-15-21(17,18)12-10(3)7-20-11(12)13(16)19-4/h7,9,15H,5-6,8H2,1-4H3. The highest BCUT2D eigenvalue weighted by molar-refractivity contribution is 7.89. The molecule has 0 bridgehead atoms. The maximum atomic E-state index is 12.5. The topological polar surface area (TPSA) is 72.5 Å². The molecule has 1 fully saturated rings. The fraction of sp³-hybridized carbons (Fsp3) is 0.643. The third-order valence-corrected chi connectivity index (χ3v) is 7.08. The predicted molar refractivity (Wildman–Crippen MR) is 82.1 cm³/mol. The Balaban J connectivity index is 2.24. The van der Waals surface area contributed by atoms with Crippen LogP contribution in [0.4, 0.5) is 0 Å². The molecule has 0 unspecified atom stereocenters. The monoisotopic (exact) mass is 331 g/mol. The van der Waals surface area contributed by atoms with Gasteiger partial charge in [-0.25, -0.2) is 17.9 Å². The zero-order valence-electron chi connectivity index (χ0n) is 12.7. The van der Waals surface area contributed by atoms with E-state index < -0.39 is 16.0 Å². The Morgan fingerprint density at radius 2 is 2.10 bits per heavy atom. The summed E-state index contributed by atoms with van der Waals surface area (Å²) in [7, 11) is -2.45. The van der Waals surface area contributed by atoms with Crippen LogP contribution in [0, 0.1) is 18.3 Å². The maximum Gasteiger partial charge on any atom is 0.349 e. The van der Waals surface area contributed by atoms with Crippen molar-refractivity contribution in [1.29, 1.82) is 0 Å². The summed E-state index contributed by atoms with van der Waals surface area (Å²) >= 11 is 1.10. The Kier molecular flexibility index (Phi) is 4.46. The van der Waals surface area contributed by atoms with Gasteiger partial charge in [-0.05, 0) is 42.0 Å². The second kappa shape index (κ2) is 5.70. The molecule has 1 N–H and O–H groups in total. The average molecular weight is 331 g/mol. The quantitative estimate of drug-likeness (QED) is 0.813. The van der Waals surface area contributed by atoms with Crippen LogP contribution in [-0.2, 0) is 14.8 Å². The highest BCUT2D eigenvalue weighted by Gasteiger charge is 2.46. The Morgan fingerprint density at radius 1 is 1.48 bits per heavy atom. The number of thiophene rings is 1. The lowest BCUT2D eigenvalue weighted by atomic mass is 9.93. The zero-order chi connectivity index (χ0) is 15.8. The molecule has 1 aromatic heterocycles. The summed E-state index contributed by atoms with van der Waals surface area (Å²) in [5.41, 5.74) is 0.643. The second-order valence-corrected chi connectivity index (χ2v) is 8.49. The van der Waals surface area contributed by atoms with Crippen molar-refractivity contribution < 1.29 is 17.9 Å². The third kappa shape index (κ3) is 3.14. The first-order valence-corrected chi connectivity index (χ1v) is 9.26. The number of rotatable bonds is 6. The van der Waals surface area contributed by atoms with Gasteiger partial charge in [0.05, 0.1) is 7.11 Å². The molecular weight excluding hydrogens is 310 g/mol. The van der Waals surface area contributed by atoms with Crippen molar-refractivity contribution in [2.24, 2.45) is 11.3 Å². The molecule has 0 aromatic carbocycles. The summed E-state index contributed by atoms with van der Waals surface area (Å²) in [4.78, 5) is 11.9. The molecule has 0 aliphatic heterocycles. The van der Waals surface area contributed by atoms with Gasteiger partial charge in [-0.3, -0.25) is 0 Å². The normalized spacial score (nSPS) is 17.0. The molecule has 0 amide bonds. The number of sulfonamides is 1. The minimum absolute atomic E-state index is 0.0545. The van der Waals surface area contributed by atoms with Crippen molar-refractivity contribution in [1.82, 2.24) is 4.72 Å². The van der Waals surface area contributed by atoms with E-state index in [0.717, 1.165) is 24.2 Å². The van der Waals surface area contributed by atoms with Crippen LogP contribution in [0.5, 0.6) is 0 Å². The van der Waals surface area contributed by atoms with Crippen molar-refractivity contribution in [2.75, 3.05) is 13.7 Å². The van der Waals surface area contributed by atoms with Gasteiger partial charge in [0.15, 0.2) is 0 Å². The van der Waals surface area contributed by atoms with Gasteiger partial charge in [-0.1, -0.05) is 13.8 Å². The summed E-state index contributed by atoms with van der Waals surface area (Å²) in [5, 5.41) is 1.66. The van der Waals surface area contributed by atoms with Crippen molar-refractivity contribution in [3.05, 3.63) is 15.8 Å². The summed E-state index contributed by atoms with van der Waals surface area (Å²) in [6.45, 7) is 6.32. The number of carbonyl (C=O) groups excluding carboxylic acids is 1. The Hall–Kier alpha value is -0.920. The fourth-order valence-corrected chi connectivity index (χ4v) is 5.27. The lowest BCUT2D eigenvalue weighted by molar-refractivity contribution is 0.0602. The van der Waals surface area contributed by atoms with Crippen LogP contribution < -0.4 is 4.72 Å². The highest BCUT2D eigenvalue weighted by Crippen LogP contribution is 2.51. The number of esters is 1. The summed E-state index contributed by atoms with van der Waals surface area (Å²) in [6.07, 6.45) is 2.08. The van der Waals surface area contributed by atoms with E-state index in [1.165, 1.54) is 7.11 Å². The Labute approximate surface area is 129 Å². The number of methoxy groups -OCH3 is 1. The van der Waals surface area contributed by atoms with Crippen LogP contribution in [0.3, 0.4) is 0 Å². The number of hydrogen-bond donors (Lipinski definition) is 1. The molecule has 0 saturated heterocycles. The van der Waals surface area contributed by atoms with Crippen LogP contribution in [0.2, 0.25) is 0 Å². The minimum Gasteiger partial charge on any atom is -0.465 e. The fourth-order valence-electron chi connectivity index (χ4n) is 2.43. The van der Waals surface area contributed by atoms with Crippen molar-refractivity contribution in [2.45, 2.75) is 38.5 Å². The van der Waals surface area contributed by atoms with E-state index in [4.69, 9.17) is 0 Å². The van der Waals surface area contributed by atoms with E-state index >= 15 is 0 Å². The van der Waals surface area contributed by atoms with E-state index in [1.807, 2.05) is 0 Å². The molecule has 118 valence electrons. The smallest absolute Gasteiger partial charge is 0.349 e. The highest BCUT2D eigenvalue weighted by atomic mass is 32.2. The van der Waals surface area contributed by atoms with Gasteiger partial charge in [0.1, 0.15) is 9.77 Å². The molecule has 1 aliphatic rings. The number of hydrogen-bond acceptors (Lipinski definition) is 5. The summed E-state index contributed by atoms with van der Waals surface area (Å²) < 4.78 is 32.4. The molecule has 7 heteroatoms. The van der Waals surface area contributed by atoms with Crippen LogP contribution in [0.25, 0.3) is 0 Å². The van der Waals surface area contributed by atoms with Gasteiger partial charge >= 0.3 is 5.97 Å². The molecular formula is C14H21NO4S2. The van der Waals surface area contributed by atoms with E-state index in [0.29, 0.717) is 18.0 Å². The SMILES string of the molecule is COC(=O)c1scc(C)c1S(=O)(=O)NCC1(C(C)C)CC1. The summed E-state index contributed by atoms with van der Waals surface area (Å²) in [6, 6.07) is 0. The third-order valence-electron chi connectivity index (χ3n) is 4.29. The van der Waals surface area contributed by atoms with Crippen molar-refractivity contribution >= 4 is 27.3 Å². The van der Waals surface area contributed by atoms with Gasteiger partial charge in [-0.2, -0.15) is 0 Å². The molecule has 0 spiro atoms. The van der Waals surface area contributed by atoms with E-state index in [1.54, 1.807) is 12.3 Å². The maximum absolute atomic E-state index is 12.5. The van der Waals surface area contributed by atoms with Gasteiger partial charge in [0.2, 0.25) is 10.0 Å². The first kappa shape index (κ1) is 16.5. The van der Waals surface area contributed by atoms with Gasteiger partial charge in [0, 0.05) is 6.54 Å². The molecule has 21 heavy (non-hydrogen) atoms. The first-order chi connectivity index (χ1) is 9.73. The van der Waals surface area contributed by atoms with E-state index in [2.05, 4.69) is 23.3 Å². The number of nitrogens with one attached hydrogen (secondary N) is 1. The molecule has 5 nitrogen and oxygen atoms in total. The molecule has 0 atom stereocenters. The Bertz CT molecular complexity index is 642. The Morgan fingerprint density at radius 3 is 2.57 bits per heavy atom. The van der Waals surface area contributed by atoms with E-state index in [9.17, 15) is 13.2 Å². The predicted octanol–water partition coefficient (Wildman–Crippen LogP) is 2.56. The number of carbonyl (C=O) groups is 1. The molecule has 1 saturated carbocycles. The molecule has 1 heterocycles. The summed E-state index contributed by atoms with van der Waals surface area (Å²) in [5.74, 6) is -0.178. The van der Waals surface area contributed by atoms with Crippen molar-refractivity contribution in [3.8, 4) is 0 Å². The lowest BCUT2D eigenvalue weighted by Crippen LogP contribution is -2.33. The van der Waals surface area contributed by atoms with Crippen LogP contribution >= 0.6 is 11.3 Å². The van der Waals surface area contributed by atoms with Crippen LogP contribution in [0.1, 0.15) is 41.9 Å². The minimum atomic E-state index is -3.70. The largest absolute Gasteiger partial charge is 0.465 e. The molecule has 1 aromatic rings. The molecule has 1 aliphatic carbocycles. The number of ether oxygens (including phenoxy) is 1. The zero-order valence-corrected chi connectivity index (χ0v) is 14.4. The van der Waals surface area contributed by atoms with Crippen LogP contribution in [0.15, 0.2) is 10.3 Å². The lowest BCUT2D eigenvalue weighted by Gasteiger charge is -2.20. The average Bonchev–Trinajstić information content (AvgIpc) is 3.12. The number of aryl methyl sites for hydroxylation is 1. The van der Waals surface area contributed by atoms with Gasteiger partial charge in [0.25, 0.3) is 0 Å². The molecule has 0 radical (unpaired) electrons. The first-order valence-electron chi connectivity index (χ1n) is 6.89. The van der Waals surface area contributed by atoms with Crippen LogP contribution in [-0.4, -0.2) is 28.0 Å². The van der Waals surface area contributed by atoms with Gasteiger partial charge in [-0.15, -0.1) is 11.3 Å². The van der Waals surface area contributed by atoms with Gasteiger partial charge < -0.3 is 4.74 Å².